The minimum absolute atomic E-state index is 0.0669. The van der Waals surface area contributed by atoms with Crippen LogP contribution in [0.4, 0.5) is 0 Å². The van der Waals surface area contributed by atoms with Gasteiger partial charge in [0.15, 0.2) is 5.76 Å². The molecule has 0 saturated carbocycles. The van der Waals surface area contributed by atoms with Crippen LogP contribution in [0.25, 0.3) is 10.6 Å². The van der Waals surface area contributed by atoms with Crippen molar-refractivity contribution in [2.75, 3.05) is 46.5 Å². The van der Waals surface area contributed by atoms with Gasteiger partial charge in [0, 0.05) is 37.3 Å². The number of methoxy groups -OCH3 is 1. The maximum Gasteiger partial charge on any atom is 0.290 e. The number of ketones is 1. The first kappa shape index (κ1) is 26.1. The van der Waals surface area contributed by atoms with Gasteiger partial charge in [-0.25, -0.2) is 4.98 Å². The zero-order chi connectivity index (χ0) is 26.6. The van der Waals surface area contributed by atoms with Gasteiger partial charge in [0.25, 0.3) is 5.91 Å². The van der Waals surface area contributed by atoms with Crippen LogP contribution in [-0.2, 0) is 9.53 Å². The highest BCUT2D eigenvalue weighted by molar-refractivity contribution is 7.17. The second kappa shape index (κ2) is 11.5. The van der Waals surface area contributed by atoms with Crippen LogP contribution in [-0.4, -0.2) is 78.1 Å². The first-order valence-electron chi connectivity index (χ1n) is 12.7. The van der Waals surface area contributed by atoms with Crippen molar-refractivity contribution in [3.8, 4) is 16.3 Å². The molecule has 0 radical (unpaired) electrons. The van der Waals surface area contributed by atoms with E-state index in [1.807, 2.05) is 48.5 Å². The Balaban J connectivity index is 1.48. The summed E-state index contributed by atoms with van der Waals surface area (Å²) in [6, 6.07) is 16.2. The highest BCUT2D eigenvalue weighted by atomic mass is 32.1. The van der Waals surface area contributed by atoms with Crippen molar-refractivity contribution < 1.29 is 24.2 Å². The fourth-order valence-electron chi connectivity index (χ4n) is 5.05. The van der Waals surface area contributed by atoms with Crippen molar-refractivity contribution >= 4 is 23.0 Å². The maximum atomic E-state index is 14.0. The Bertz CT molecular complexity index is 1350. The van der Waals surface area contributed by atoms with Gasteiger partial charge in [-0.15, -0.1) is 11.3 Å². The molecular weight excluding hydrogens is 502 g/mol. The van der Waals surface area contributed by atoms with Crippen LogP contribution < -0.4 is 4.74 Å². The molecule has 38 heavy (non-hydrogen) atoms. The number of rotatable bonds is 9. The van der Waals surface area contributed by atoms with Gasteiger partial charge >= 0.3 is 0 Å². The molecule has 9 heteroatoms. The van der Waals surface area contributed by atoms with E-state index >= 15 is 0 Å². The molecule has 1 atom stereocenters. The van der Waals surface area contributed by atoms with E-state index in [9.17, 15) is 14.7 Å². The number of aliphatic hydroxyl groups excluding tert-OH is 1. The number of Topliss-reactive ketones (excluding diaryl/α,β-unsaturated/α-hetero) is 1. The number of aliphatic hydroxyl groups is 1. The fourth-order valence-corrected chi connectivity index (χ4v) is 6.08. The summed E-state index contributed by atoms with van der Waals surface area (Å²) in [5, 5.41) is 11.8. The molecule has 2 aromatic carbocycles. The first-order valence-corrected chi connectivity index (χ1v) is 13.6. The van der Waals surface area contributed by atoms with Gasteiger partial charge < -0.3 is 19.5 Å². The second-order valence-electron chi connectivity index (χ2n) is 9.34. The smallest absolute Gasteiger partial charge is 0.290 e. The molecule has 1 aromatic heterocycles. The summed E-state index contributed by atoms with van der Waals surface area (Å²) in [4.78, 5) is 36.4. The van der Waals surface area contributed by atoms with Gasteiger partial charge in [-0.05, 0) is 19.4 Å². The van der Waals surface area contributed by atoms with Crippen molar-refractivity contribution in [3.63, 3.8) is 0 Å². The lowest BCUT2D eigenvalue weighted by atomic mass is 9.94. The molecule has 1 unspecified atom stereocenters. The van der Waals surface area contributed by atoms with Crippen molar-refractivity contribution in [1.82, 2.24) is 14.8 Å². The largest absolute Gasteiger partial charge is 0.503 e. The van der Waals surface area contributed by atoms with Crippen molar-refractivity contribution in [2.45, 2.75) is 19.4 Å². The van der Waals surface area contributed by atoms with Crippen LogP contribution in [0, 0.1) is 6.92 Å². The summed E-state index contributed by atoms with van der Waals surface area (Å²) >= 11 is 1.27. The number of carbonyl (C=O) groups is 2. The summed E-state index contributed by atoms with van der Waals surface area (Å²) in [5.74, 6) is -0.892. The minimum Gasteiger partial charge on any atom is -0.503 e. The normalized spacial score (nSPS) is 18.3. The molecule has 0 aliphatic carbocycles. The van der Waals surface area contributed by atoms with Crippen molar-refractivity contribution in [3.05, 3.63) is 82.1 Å². The van der Waals surface area contributed by atoms with Crippen LogP contribution in [0.5, 0.6) is 5.75 Å². The molecule has 2 aliphatic rings. The predicted octanol–water partition coefficient (Wildman–Crippen LogP) is 4.43. The molecule has 8 nitrogen and oxygen atoms in total. The average Bonchev–Trinajstić information content (AvgIpc) is 3.46. The summed E-state index contributed by atoms with van der Waals surface area (Å²) in [5.41, 5.74) is 2.20. The summed E-state index contributed by atoms with van der Waals surface area (Å²) in [6.45, 7) is 6.07. The lowest BCUT2D eigenvalue weighted by Crippen LogP contribution is -2.39. The van der Waals surface area contributed by atoms with E-state index in [1.54, 1.807) is 25.0 Å². The van der Waals surface area contributed by atoms with E-state index in [0.29, 0.717) is 53.1 Å². The number of hydrogen-bond acceptors (Lipinski definition) is 8. The molecular formula is C29H31N3O5S. The van der Waals surface area contributed by atoms with E-state index in [0.717, 1.165) is 25.2 Å². The lowest BCUT2D eigenvalue weighted by Gasteiger charge is -2.30. The van der Waals surface area contributed by atoms with E-state index in [2.05, 4.69) is 9.88 Å². The zero-order valence-corrected chi connectivity index (χ0v) is 22.4. The number of para-hydroxylation sites is 1. The molecule has 5 rings (SSSR count). The Kier molecular flexibility index (Phi) is 7.87. The highest BCUT2D eigenvalue weighted by Gasteiger charge is 2.45. The third-order valence-corrected chi connectivity index (χ3v) is 8.19. The molecule has 1 N–H and O–H groups in total. The number of nitrogens with zero attached hydrogens (tertiary/aromatic N) is 3. The van der Waals surface area contributed by atoms with Gasteiger partial charge in [0.1, 0.15) is 10.8 Å². The van der Waals surface area contributed by atoms with Crippen LogP contribution in [0.3, 0.4) is 0 Å². The lowest BCUT2D eigenvalue weighted by molar-refractivity contribution is -0.129. The number of morpholine rings is 1. The Morgan fingerprint density at radius 3 is 2.55 bits per heavy atom. The summed E-state index contributed by atoms with van der Waals surface area (Å²) < 4.78 is 11.0. The monoisotopic (exact) mass is 533 g/mol. The Morgan fingerprint density at radius 1 is 1.11 bits per heavy atom. The number of aromatic nitrogens is 1. The van der Waals surface area contributed by atoms with E-state index < -0.39 is 17.7 Å². The maximum absolute atomic E-state index is 14.0. The van der Waals surface area contributed by atoms with Crippen molar-refractivity contribution in [1.29, 1.82) is 0 Å². The van der Waals surface area contributed by atoms with Gasteiger partial charge in [-0.3, -0.25) is 14.5 Å². The van der Waals surface area contributed by atoms with Crippen LogP contribution >= 0.6 is 11.3 Å². The van der Waals surface area contributed by atoms with Gasteiger partial charge in [-0.1, -0.05) is 48.5 Å². The van der Waals surface area contributed by atoms with Gasteiger partial charge in [0.2, 0.25) is 5.78 Å². The van der Waals surface area contributed by atoms with Crippen LogP contribution in [0.1, 0.15) is 33.4 Å². The number of thiazole rings is 1. The molecule has 0 spiro atoms. The summed E-state index contributed by atoms with van der Waals surface area (Å²) in [7, 11) is 1.56. The third kappa shape index (κ3) is 5.09. The van der Waals surface area contributed by atoms with E-state index in [-0.39, 0.29) is 11.4 Å². The zero-order valence-electron chi connectivity index (χ0n) is 21.6. The fraction of sp³-hybridized carbons (Fsp3) is 0.345. The Labute approximate surface area is 226 Å². The number of carbonyl (C=O) groups excluding carboxylic acids is 2. The summed E-state index contributed by atoms with van der Waals surface area (Å²) in [6.07, 6.45) is 0.698. The first-order chi connectivity index (χ1) is 18.5. The standard InChI is InChI=1S/C29H31N3O5S/c1-19-27(38-28(30-19)20-9-4-3-5-10-20)25(33)23-24(21-11-6-7-12-22(21)36-2)32(29(35)26(23)34)14-8-13-31-15-17-37-18-16-31/h3-7,9-12,24,34H,8,13-18H2,1-2H3. The number of hydrogen-bond donors (Lipinski definition) is 1. The van der Waals surface area contributed by atoms with E-state index in [1.165, 1.54) is 11.3 Å². The van der Waals surface area contributed by atoms with Gasteiger partial charge in [-0.2, -0.15) is 0 Å². The number of ether oxygens (including phenoxy) is 2. The quantitative estimate of drug-likeness (QED) is 0.407. The predicted molar refractivity (Wildman–Crippen MR) is 146 cm³/mol. The van der Waals surface area contributed by atoms with Gasteiger partial charge in [0.05, 0.1) is 42.5 Å². The van der Waals surface area contributed by atoms with Crippen LogP contribution in [0.2, 0.25) is 0 Å². The van der Waals surface area contributed by atoms with Crippen LogP contribution in [0.15, 0.2) is 65.9 Å². The Morgan fingerprint density at radius 2 is 1.82 bits per heavy atom. The number of aryl methyl sites for hydroxylation is 1. The molecule has 3 aromatic rings. The Hall–Kier alpha value is -3.53. The average molecular weight is 534 g/mol. The number of amides is 1. The minimum atomic E-state index is -0.766. The highest BCUT2D eigenvalue weighted by Crippen LogP contribution is 2.43. The van der Waals surface area contributed by atoms with E-state index in [4.69, 9.17) is 9.47 Å². The second-order valence-corrected chi connectivity index (χ2v) is 10.3. The van der Waals surface area contributed by atoms with Crippen molar-refractivity contribution in [2.24, 2.45) is 0 Å². The molecule has 1 amide bonds. The molecule has 1 saturated heterocycles. The molecule has 0 bridgehead atoms. The molecule has 3 heterocycles. The molecule has 198 valence electrons. The SMILES string of the molecule is COc1ccccc1C1C(C(=O)c2sc(-c3ccccc3)nc2C)=C(O)C(=O)N1CCCN1CCOCC1. The number of benzene rings is 2. The third-order valence-electron chi connectivity index (χ3n) is 6.98. The topological polar surface area (TPSA) is 92.2 Å². The molecule has 2 aliphatic heterocycles. The molecule has 1 fully saturated rings.